The topological polar surface area (TPSA) is 86.8 Å². The fourth-order valence-corrected chi connectivity index (χ4v) is 6.65. The van der Waals surface area contributed by atoms with Crippen LogP contribution < -0.4 is 5.32 Å². The summed E-state index contributed by atoms with van der Waals surface area (Å²) in [6.07, 6.45) is 4.43. The molecule has 156 valence electrons. The third kappa shape index (κ3) is 4.93. The van der Waals surface area contributed by atoms with Crippen molar-refractivity contribution in [3.63, 3.8) is 0 Å². The molecule has 2 unspecified atom stereocenters. The highest BCUT2D eigenvalue weighted by molar-refractivity contribution is 7.91. The molecule has 1 aromatic heterocycles. The van der Waals surface area contributed by atoms with Crippen LogP contribution in [0.4, 0.5) is 0 Å². The van der Waals surface area contributed by atoms with Gasteiger partial charge in [-0.25, -0.2) is 8.42 Å². The number of nitrogens with zero attached hydrogens (tertiary/aromatic N) is 2. The molecule has 0 saturated carbocycles. The maximum absolute atomic E-state index is 13.1. The molecular weight excluding hydrogens is 398 g/mol. The molecule has 1 aromatic rings. The Morgan fingerprint density at radius 3 is 2.71 bits per heavy atom. The Bertz CT molecular complexity index is 779. The Balaban J connectivity index is 1.61. The van der Waals surface area contributed by atoms with Gasteiger partial charge in [-0.2, -0.15) is 4.31 Å². The summed E-state index contributed by atoms with van der Waals surface area (Å²) in [4.78, 5) is 26.7. The van der Waals surface area contributed by atoms with Crippen molar-refractivity contribution >= 4 is 33.2 Å². The van der Waals surface area contributed by atoms with Crippen molar-refractivity contribution in [1.82, 2.24) is 14.5 Å². The van der Waals surface area contributed by atoms with Gasteiger partial charge in [-0.15, -0.1) is 11.3 Å². The lowest BCUT2D eigenvalue weighted by Gasteiger charge is -2.38. The number of piperidine rings is 2. The Morgan fingerprint density at radius 2 is 2.00 bits per heavy atom. The fraction of sp³-hybridized carbons (Fsp3) is 0.684. The molecule has 2 atom stereocenters. The third-order valence-corrected chi connectivity index (χ3v) is 8.64. The van der Waals surface area contributed by atoms with Crippen molar-refractivity contribution in [2.24, 2.45) is 5.92 Å². The lowest BCUT2D eigenvalue weighted by atomic mass is 9.96. The van der Waals surface area contributed by atoms with Crippen LogP contribution in [-0.4, -0.2) is 61.7 Å². The molecule has 2 saturated heterocycles. The van der Waals surface area contributed by atoms with Gasteiger partial charge in [-0.3, -0.25) is 9.59 Å². The molecule has 1 N–H and O–H groups in total. The smallest absolute Gasteiger partial charge is 0.252 e. The predicted octanol–water partition coefficient (Wildman–Crippen LogP) is 2.06. The second-order valence-electron chi connectivity index (χ2n) is 7.58. The fourth-order valence-electron chi connectivity index (χ4n) is 3.98. The highest BCUT2D eigenvalue weighted by Gasteiger charge is 2.36. The summed E-state index contributed by atoms with van der Waals surface area (Å²) < 4.78 is 27.4. The highest BCUT2D eigenvalue weighted by Crippen LogP contribution is 2.28. The number of carbonyl (C=O) groups excluding carboxylic acids is 2. The number of amides is 2. The van der Waals surface area contributed by atoms with E-state index in [1.807, 2.05) is 11.8 Å². The first kappa shape index (κ1) is 21.3. The van der Waals surface area contributed by atoms with E-state index in [0.717, 1.165) is 19.3 Å². The molecule has 3 heterocycles. The van der Waals surface area contributed by atoms with Gasteiger partial charge in [0.2, 0.25) is 11.8 Å². The van der Waals surface area contributed by atoms with Crippen LogP contribution in [0.1, 0.15) is 45.4 Å². The zero-order chi connectivity index (χ0) is 20.1. The van der Waals surface area contributed by atoms with Gasteiger partial charge in [0.1, 0.15) is 4.21 Å². The van der Waals surface area contributed by atoms with Crippen LogP contribution in [-0.2, 0) is 19.6 Å². The lowest BCUT2D eigenvalue weighted by molar-refractivity contribution is -0.138. The SMILES string of the molecule is CCCC(=O)NC1CCCN(C(=O)C2CCCN(S(=O)(=O)c3cccs3)C2)C1. The minimum atomic E-state index is -3.52. The summed E-state index contributed by atoms with van der Waals surface area (Å²) in [5.74, 6) is -0.262. The van der Waals surface area contributed by atoms with E-state index >= 15 is 0 Å². The van der Waals surface area contributed by atoms with Crippen LogP contribution in [0.25, 0.3) is 0 Å². The summed E-state index contributed by atoms with van der Waals surface area (Å²) in [5.41, 5.74) is 0. The van der Waals surface area contributed by atoms with Crippen LogP contribution in [0.5, 0.6) is 0 Å². The lowest BCUT2D eigenvalue weighted by Crippen LogP contribution is -2.53. The van der Waals surface area contributed by atoms with E-state index in [0.29, 0.717) is 43.1 Å². The Morgan fingerprint density at radius 1 is 1.21 bits per heavy atom. The maximum Gasteiger partial charge on any atom is 0.252 e. The van der Waals surface area contributed by atoms with Gasteiger partial charge in [-0.1, -0.05) is 13.0 Å². The Labute approximate surface area is 171 Å². The minimum Gasteiger partial charge on any atom is -0.352 e. The van der Waals surface area contributed by atoms with E-state index in [9.17, 15) is 18.0 Å². The molecule has 28 heavy (non-hydrogen) atoms. The number of likely N-dealkylation sites (tertiary alicyclic amines) is 1. The number of sulfonamides is 1. The van der Waals surface area contributed by atoms with Gasteiger partial charge in [0.05, 0.1) is 5.92 Å². The van der Waals surface area contributed by atoms with E-state index in [1.165, 1.54) is 15.6 Å². The molecule has 3 rings (SSSR count). The van der Waals surface area contributed by atoms with Gasteiger partial charge < -0.3 is 10.2 Å². The maximum atomic E-state index is 13.1. The first-order valence-electron chi connectivity index (χ1n) is 10.0. The second kappa shape index (κ2) is 9.37. The molecule has 0 aromatic carbocycles. The van der Waals surface area contributed by atoms with Gasteiger partial charge in [0, 0.05) is 38.6 Å². The van der Waals surface area contributed by atoms with E-state index in [1.54, 1.807) is 17.5 Å². The van der Waals surface area contributed by atoms with Crippen LogP contribution in [0.3, 0.4) is 0 Å². The van der Waals surface area contributed by atoms with Gasteiger partial charge in [0.15, 0.2) is 0 Å². The second-order valence-corrected chi connectivity index (χ2v) is 10.7. The van der Waals surface area contributed by atoms with Crippen LogP contribution in [0.15, 0.2) is 21.7 Å². The van der Waals surface area contributed by atoms with E-state index in [2.05, 4.69) is 5.32 Å². The molecule has 0 spiro atoms. The first-order chi connectivity index (χ1) is 13.4. The molecule has 7 nitrogen and oxygen atoms in total. The number of nitrogens with one attached hydrogen (secondary N) is 1. The highest BCUT2D eigenvalue weighted by atomic mass is 32.2. The minimum absolute atomic E-state index is 0.00806. The number of rotatable bonds is 6. The Hall–Kier alpha value is -1.45. The number of hydrogen-bond acceptors (Lipinski definition) is 5. The first-order valence-corrected chi connectivity index (χ1v) is 12.4. The van der Waals surface area contributed by atoms with Crippen molar-refractivity contribution in [2.75, 3.05) is 26.2 Å². The van der Waals surface area contributed by atoms with Gasteiger partial charge >= 0.3 is 0 Å². The van der Waals surface area contributed by atoms with Crippen molar-refractivity contribution in [3.8, 4) is 0 Å². The van der Waals surface area contributed by atoms with Crippen LogP contribution in [0, 0.1) is 5.92 Å². The van der Waals surface area contributed by atoms with Crippen LogP contribution >= 0.6 is 11.3 Å². The summed E-state index contributed by atoms with van der Waals surface area (Å²) in [6, 6.07) is 3.33. The van der Waals surface area contributed by atoms with Crippen molar-refractivity contribution in [3.05, 3.63) is 17.5 Å². The molecule has 0 radical (unpaired) electrons. The zero-order valence-electron chi connectivity index (χ0n) is 16.3. The Kier molecular flexibility index (Phi) is 7.11. The largest absolute Gasteiger partial charge is 0.352 e. The number of carbonyl (C=O) groups is 2. The van der Waals surface area contributed by atoms with Gasteiger partial charge in [-0.05, 0) is 43.6 Å². The quantitative estimate of drug-likeness (QED) is 0.753. The molecule has 2 aliphatic heterocycles. The average molecular weight is 428 g/mol. The molecular formula is C19H29N3O4S2. The van der Waals surface area contributed by atoms with Gasteiger partial charge in [0.25, 0.3) is 10.0 Å². The molecule has 2 fully saturated rings. The third-order valence-electron chi connectivity index (χ3n) is 5.40. The monoisotopic (exact) mass is 427 g/mol. The van der Waals surface area contributed by atoms with Crippen LogP contribution in [0.2, 0.25) is 0 Å². The summed E-state index contributed by atoms with van der Waals surface area (Å²) in [7, 11) is -3.52. The summed E-state index contributed by atoms with van der Waals surface area (Å²) in [6.45, 7) is 3.85. The molecule has 0 bridgehead atoms. The number of thiophene rings is 1. The van der Waals surface area contributed by atoms with Crippen molar-refractivity contribution in [1.29, 1.82) is 0 Å². The molecule has 9 heteroatoms. The average Bonchev–Trinajstić information content (AvgIpc) is 3.23. The summed E-state index contributed by atoms with van der Waals surface area (Å²) >= 11 is 1.21. The van der Waals surface area contributed by atoms with Crippen molar-refractivity contribution < 1.29 is 18.0 Å². The van der Waals surface area contributed by atoms with E-state index in [4.69, 9.17) is 0 Å². The molecule has 2 aliphatic rings. The normalized spacial score (nSPS) is 24.1. The van der Waals surface area contributed by atoms with E-state index in [-0.39, 0.29) is 30.3 Å². The molecule has 2 amide bonds. The zero-order valence-corrected chi connectivity index (χ0v) is 17.9. The predicted molar refractivity (Wildman–Crippen MR) is 108 cm³/mol. The molecule has 0 aliphatic carbocycles. The number of hydrogen-bond donors (Lipinski definition) is 1. The standard InChI is InChI=1S/C19H29N3O4S2/c1-2-6-17(23)20-16-8-4-10-21(14-16)19(24)15-7-3-11-22(13-15)28(25,26)18-9-5-12-27-18/h5,9,12,15-16H,2-4,6-8,10-11,13-14H2,1H3,(H,20,23). The summed E-state index contributed by atoms with van der Waals surface area (Å²) in [5, 5.41) is 4.77. The van der Waals surface area contributed by atoms with E-state index < -0.39 is 10.0 Å². The van der Waals surface area contributed by atoms with Crippen molar-refractivity contribution in [2.45, 2.75) is 55.7 Å².